The van der Waals surface area contributed by atoms with Crippen LogP contribution in [0.15, 0.2) is 0 Å². The lowest BCUT2D eigenvalue weighted by atomic mass is 10.2. The molecule has 1 saturated carbocycles. The van der Waals surface area contributed by atoms with Crippen LogP contribution in [0, 0.1) is 5.41 Å². The minimum Gasteiger partial charge on any atom is -0.388 e. The van der Waals surface area contributed by atoms with Gasteiger partial charge in [0, 0.05) is 19.0 Å². The Morgan fingerprint density at radius 1 is 1.46 bits per heavy atom. The molecule has 3 N–H and O–H groups in total. The van der Waals surface area contributed by atoms with E-state index in [0.29, 0.717) is 5.84 Å². The third kappa shape index (κ3) is 3.35. The molecular formula is C10H21N3. The van der Waals surface area contributed by atoms with Crippen molar-refractivity contribution in [1.29, 1.82) is 5.41 Å². The summed E-state index contributed by atoms with van der Waals surface area (Å²) in [5, 5.41) is 7.18. The van der Waals surface area contributed by atoms with Crippen LogP contribution in [-0.2, 0) is 0 Å². The van der Waals surface area contributed by atoms with Crippen molar-refractivity contribution in [2.75, 3.05) is 13.1 Å². The van der Waals surface area contributed by atoms with E-state index in [2.05, 4.69) is 11.8 Å². The van der Waals surface area contributed by atoms with Crippen LogP contribution in [0.1, 0.15) is 39.0 Å². The van der Waals surface area contributed by atoms with Gasteiger partial charge in [0.25, 0.3) is 0 Å². The predicted molar refractivity (Wildman–Crippen MR) is 56.0 cm³/mol. The fraction of sp³-hybridized carbons (Fsp3) is 0.900. The number of hydrogen-bond donors (Lipinski definition) is 2. The fourth-order valence-electron chi connectivity index (χ4n) is 2.13. The maximum Gasteiger partial charge on any atom is 0.0918 e. The van der Waals surface area contributed by atoms with Crippen LogP contribution in [-0.4, -0.2) is 29.9 Å². The van der Waals surface area contributed by atoms with Crippen molar-refractivity contribution < 1.29 is 0 Å². The first kappa shape index (κ1) is 10.5. The first-order valence-electron chi connectivity index (χ1n) is 5.31. The van der Waals surface area contributed by atoms with Crippen molar-refractivity contribution in [2.45, 2.75) is 45.1 Å². The van der Waals surface area contributed by atoms with Gasteiger partial charge in [-0.25, -0.2) is 0 Å². The van der Waals surface area contributed by atoms with Gasteiger partial charge in [0.1, 0.15) is 0 Å². The molecule has 1 aliphatic carbocycles. The molecule has 1 aliphatic rings. The van der Waals surface area contributed by atoms with Crippen molar-refractivity contribution >= 4 is 5.84 Å². The Balaban J connectivity index is 2.28. The van der Waals surface area contributed by atoms with Crippen LogP contribution in [0.3, 0.4) is 0 Å². The largest absolute Gasteiger partial charge is 0.388 e. The van der Waals surface area contributed by atoms with Crippen LogP contribution in [0.4, 0.5) is 0 Å². The molecule has 3 nitrogen and oxygen atoms in total. The highest BCUT2D eigenvalue weighted by atomic mass is 15.1. The molecule has 0 unspecified atom stereocenters. The normalized spacial score (nSPS) is 18.3. The first-order chi connectivity index (χ1) is 6.24. The summed E-state index contributed by atoms with van der Waals surface area (Å²) < 4.78 is 0. The zero-order chi connectivity index (χ0) is 9.68. The second-order valence-corrected chi connectivity index (χ2v) is 3.84. The van der Waals surface area contributed by atoms with Gasteiger partial charge < -0.3 is 10.6 Å². The summed E-state index contributed by atoms with van der Waals surface area (Å²) in [7, 11) is 0. The molecule has 0 atom stereocenters. The number of hydrogen-bond acceptors (Lipinski definition) is 2. The summed E-state index contributed by atoms with van der Waals surface area (Å²) in [5.74, 6) is 0.316. The molecule has 1 fully saturated rings. The van der Waals surface area contributed by atoms with E-state index in [4.69, 9.17) is 11.1 Å². The van der Waals surface area contributed by atoms with Crippen LogP contribution in [0.2, 0.25) is 0 Å². The summed E-state index contributed by atoms with van der Waals surface area (Å²) >= 11 is 0. The van der Waals surface area contributed by atoms with Gasteiger partial charge in [-0.05, 0) is 19.4 Å². The van der Waals surface area contributed by atoms with Crippen LogP contribution < -0.4 is 5.73 Å². The predicted octanol–water partition coefficient (Wildman–Crippen LogP) is 1.58. The van der Waals surface area contributed by atoms with E-state index in [1.165, 1.54) is 25.7 Å². The molecule has 0 aromatic heterocycles. The van der Waals surface area contributed by atoms with E-state index < -0.39 is 0 Å². The summed E-state index contributed by atoms with van der Waals surface area (Å²) in [5.41, 5.74) is 5.35. The minimum absolute atomic E-state index is 0.316. The average molecular weight is 183 g/mol. The van der Waals surface area contributed by atoms with Gasteiger partial charge >= 0.3 is 0 Å². The number of amidine groups is 1. The number of nitrogens with one attached hydrogen (secondary N) is 1. The van der Waals surface area contributed by atoms with Gasteiger partial charge in [-0.15, -0.1) is 0 Å². The Hall–Kier alpha value is -0.570. The molecule has 0 radical (unpaired) electrons. The first-order valence-corrected chi connectivity index (χ1v) is 5.31. The molecule has 3 heteroatoms. The maximum atomic E-state index is 7.18. The third-order valence-electron chi connectivity index (χ3n) is 2.92. The molecule has 0 amide bonds. The quantitative estimate of drug-likeness (QED) is 0.502. The topological polar surface area (TPSA) is 53.1 Å². The Morgan fingerprint density at radius 2 is 2.08 bits per heavy atom. The number of nitrogens with zero attached hydrogens (tertiary/aromatic N) is 1. The van der Waals surface area contributed by atoms with Crippen molar-refractivity contribution in [3.8, 4) is 0 Å². The molecule has 1 rings (SSSR count). The van der Waals surface area contributed by atoms with E-state index in [-0.39, 0.29) is 0 Å². The second-order valence-electron chi connectivity index (χ2n) is 3.84. The van der Waals surface area contributed by atoms with Crippen molar-refractivity contribution in [2.24, 2.45) is 5.73 Å². The Kier molecular flexibility index (Phi) is 4.22. The fourth-order valence-corrected chi connectivity index (χ4v) is 2.13. The van der Waals surface area contributed by atoms with Crippen molar-refractivity contribution in [1.82, 2.24) is 4.90 Å². The SMILES string of the molecule is CCN(CCC(=N)N)C1CCCC1. The standard InChI is InChI=1S/C10H21N3/c1-2-13(8-7-10(11)12)9-5-3-4-6-9/h9H,2-8H2,1H3,(H3,11,12). The monoisotopic (exact) mass is 183 g/mol. The smallest absolute Gasteiger partial charge is 0.0918 e. The molecule has 0 spiro atoms. The molecule has 0 bridgehead atoms. The van der Waals surface area contributed by atoms with E-state index in [1.54, 1.807) is 0 Å². The van der Waals surface area contributed by atoms with E-state index >= 15 is 0 Å². The van der Waals surface area contributed by atoms with Crippen molar-refractivity contribution in [3.63, 3.8) is 0 Å². The lowest BCUT2D eigenvalue weighted by Gasteiger charge is -2.26. The Morgan fingerprint density at radius 3 is 2.54 bits per heavy atom. The molecule has 0 aromatic rings. The van der Waals surface area contributed by atoms with Gasteiger partial charge in [-0.3, -0.25) is 5.41 Å². The highest BCUT2D eigenvalue weighted by Crippen LogP contribution is 2.23. The maximum absolute atomic E-state index is 7.18. The summed E-state index contributed by atoms with van der Waals surface area (Å²) in [6, 6.07) is 0.768. The zero-order valence-corrected chi connectivity index (χ0v) is 8.55. The molecule has 0 aromatic carbocycles. The zero-order valence-electron chi connectivity index (χ0n) is 8.55. The van der Waals surface area contributed by atoms with Gasteiger partial charge in [0.2, 0.25) is 0 Å². The summed E-state index contributed by atoms with van der Waals surface area (Å²) in [6.45, 7) is 4.26. The van der Waals surface area contributed by atoms with Crippen LogP contribution in [0.25, 0.3) is 0 Å². The summed E-state index contributed by atoms with van der Waals surface area (Å²) in [4.78, 5) is 2.47. The molecule has 76 valence electrons. The molecule has 0 aliphatic heterocycles. The lowest BCUT2D eigenvalue weighted by molar-refractivity contribution is 0.214. The lowest BCUT2D eigenvalue weighted by Crippen LogP contribution is -2.35. The Labute approximate surface area is 80.8 Å². The highest BCUT2D eigenvalue weighted by Gasteiger charge is 2.20. The van der Waals surface area contributed by atoms with Gasteiger partial charge in [0.15, 0.2) is 0 Å². The minimum atomic E-state index is 0.316. The van der Waals surface area contributed by atoms with Gasteiger partial charge in [0.05, 0.1) is 5.84 Å². The third-order valence-corrected chi connectivity index (χ3v) is 2.92. The van der Waals surface area contributed by atoms with Crippen LogP contribution in [0.5, 0.6) is 0 Å². The van der Waals surface area contributed by atoms with E-state index in [1.807, 2.05) is 0 Å². The molecule has 0 saturated heterocycles. The number of nitrogens with two attached hydrogens (primary N) is 1. The van der Waals surface area contributed by atoms with Crippen LogP contribution >= 0.6 is 0 Å². The van der Waals surface area contributed by atoms with Gasteiger partial charge in [-0.2, -0.15) is 0 Å². The van der Waals surface area contributed by atoms with E-state index in [0.717, 1.165) is 25.6 Å². The average Bonchev–Trinajstić information content (AvgIpc) is 2.58. The molecule has 13 heavy (non-hydrogen) atoms. The highest BCUT2D eigenvalue weighted by molar-refractivity contribution is 5.76. The molecule has 0 heterocycles. The molecular weight excluding hydrogens is 162 g/mol. The Bertz CT molecular complexity index is 162. The van der Waals surface area contributed by atoms with Crippen molar-refractivity contribution in [3.05, 3.63) is 0 Å². The number of rotatable bonds is 5. The van der Waals surface area contributed by atoms with E-state index in [9.17, 15) is 0 Å². The summed E-state index contributed by atoms with van der Waals surface area (Å²) in [6.07, 6.45) is 6.16. The second kappa shape index (κ2) is 5.22. The van der Waals surface area contributed by atoms with Gasteiger partial charge in [-0.1, -0.05) is 19.8 Å².